The lowest BCUT2D eigenvalue weighted by atomic mass is 10.1. The molecular weight excluding hydrogens is 432 g/mol. The quantitative estimate of drug-likeness (QED) is 0.216. The maximum Gasteiger partial charge on any atom is 0.276 e. The average Bonchev–Trinajstić information content (AvgIpc) is 2.83. The summed E-state index contributed by atoms with van der Waals surface area (Å²) in [6, 6.07) is 9.89. The third kappa shape index (κ3) is 14.4. The van der Waals surface area contributed by atoms with Crippen molar-refractivity contribution in [2.45, 2.75) is 59.8 Å². The Morgan fingerprint density at radius 1 is 1.15 bits per heavy atom. The number of carbonyl (C=O) groups is 1. The van der Waals surface area contributed by atoms with Crippen molar-refractivity contribution in [1.82, 2.24) is 5.32 Å². The molecule has 0 aliphatic carbocycles. The molecule has 0 aliphatic rings. The summed E-state index contributed by atoms with van der Waals surface area (Å²) in [6.45, 7) is 10.4. The molecule has 0 bridgehead atoms. The van der Waals surface area contributed by atoms with Crippen molar-refractivity contribution in [2.75, 3.05) is 31.6 Å². The smallest absolute Gasteiger partial charge is 0.276 e. The molecule has 0 aromatic heterocycles. The van der Waals surface area contributed by atoms with E-state index in [1.54, 1.807) is 18.8 Å². The average molecular weight is 477 g/mol. The third-order valence-corrected chi connectivity index (χ3v) is 5.32. The van der Waals surface area contributed by atoms with Gasteiger partial charge in [-0.15, -0.1) is 0 Å². The SMILES string of the molecule is CC.CN=CSC(=N/C=C(/N)N(CCCCN)c1ccccc1)C(=O)NCCCCC(C)C. The number of thioether (sulfide) groups is 1. The van der Waals surface area contributed by atoms with Gasteiger partial charge in [-0.05, 0) is 43.9 Å². The lowest BCUT2D eigenvalue weighted by molar-refractivity contribution is -0.114. The minimum atomic E-state index is -0.215. The summed E-state index contributed by atoms with van der Waals surface area (Å²) in [7, 11) is 1.66. The molecule has 7 nitrogen and oxygen atoms in total. The Bertz CT molecular complexity index is 719. The maximum atomic E-state index is 12.6. The fraction of sp³-hybridized carbons (Fsp3) is 0.560. The number of hydrogen-bond acceptors (Lipinski definition) is 7. The summed E-state index contributed by atoms with van der Waals surface area (Å²) in [6.07, 6.45) is 6.56. The van der Waals surface area contributed by atoms with Gasteiger partial charge in [-0.3, -0.25) is 9.79 Å². The molecule has 186 valence electrons. The first-order valence-corrected chi connectivity index (χ1v) is 12.8. The van der Waals surface area contributed by atoms with Crippen molar-refractivity contribution in [2.24, 2.45) is 27.4 Å². The van der Waals surface area contributed by atoms with Gasteiger partial charge >= 0.3 is 0 Å². The molecule has 1 amide bonds. The van der Waals surface area contributed by atoms with E-state index in [0.29, 0.717) is 29.9 Å². The highest BCUT2D eigenvalue weighted by Crippen LogP contribution is 2.17. The minimum absolute atomic E-state index is 0.215. The lowest BCUT2D eigenvalue weighted by Gasteiger charge is -2.24. The Balaban J connectivity index is 0.00000497. The molecule has 0 heterocycles. The second-order valence-corrected chi connectivity index (χ2v) is 8.43. The van der Waals surface area contributed by atoms with Crippen molar-refractivity contribution in [3.05, 3.63) is 42.4 Å². The number of unbranched alkanes of at least 4 members (excludes halogenated alkanes) is 2. The van der Waals surface area contributed by atoms with Gasteiger partial charge in [-0.25, -0.2) is 4.99 Å². The number of carbonyl (C=O) groups excluding carboxylic acids is 1. The van der Waals surface area contributed by atoms with E-state index >= 15 is 0 Å². The van der Waals surface area contributed by atoms with Gasteiger partial charge < -0.3 is 21.7 Å². The number of para-hydroxylation sites is 1. The van der Waals surface area contributed by atoms with Gasteiger partial charge in [0.2, 0.25) is 0 Å². The number of nitrogens with one attached hydrogen (secondary N) is 1. The molecule has 0 saturated carbocycles. The summed E-state index contributed by atoms with van der Waals surface area (Å²) in [5.74, 6) is 0.932. The highest BCUT2D eigenvalue weighted by molar-refractivity contribution is 8.26. The second-order valence-electron chi connectivity index (χ2n) is 7.60. The van der Waals surface area contributed by atoms with Crippen LogP contribution >= 0.6 is 11.8 Å². The molecule has 0 fully saturated rings. The van der Waals surface area contributed by atoms with E-state index in [1.807, 2.05) is 49.1 Å². The molecule has 33 heavy (non-hydrogen) atoms. The predicted molar refractivity (Wildman–Crippen MR) is 147 cm³/mol. The number of nitrogens with two attached hydrogens (primary N) is 2. The second kappa shape index (κ2) is 20.3. The van der Waals surface area contributed by atoms with Gasteiger partial charge in [0, 0.05) is 25.8 Å². The Morgan fingerprint density at radius 2 is 1.85 bits per heavy atom. The molecule has 0 atom stereocenters. The van der Waals surface area contributed by atoms with Crippen LogP contribution in [0.2, 0.25) is 0 Å². The molecular formula is C25H44N6OS. The molecule has 0 unspecified atom stereocenters. The number of hydrogen-bond donors (Lipinski definition) is 3. The molecule has 0 saturated heterocycles. The zero-order valence-electron chi connectivity index (χ0n) is 21.1. The van der Waals surface area contributed by atoms with Gasteiger partial charge in [-0.1, -0.05) is 70.5 Å². The number of nitrogens with zero attached hydrogens (tertiary/aromatic N) is 3. The molecule has 0 aliphatic heterocycles. The van der Waals surface area contributed by atoms with Gasteiger partial charge in [0.05, 0.1) is 11.7 Å². The largest absolute Gasteiger partial charge is 0.384 e. The third-order valence-electron chi connectivity index (χ3n) is 4.49. The van der Waals surface area contributed by atoms with Gasteiger partial charge in [-0.2, -0.15) is 0 Å². The normalized spacial score (nSPS) is 12.0. The van der Waals surface area contributed by atoms with Gasteiger partial charge in [0.25, 0.3) is 5.91 Å². The van der Waals surface area contributed by atoms with Crippen LogP contribution in [0.5, 0.6) is 0 Å². The molecule has 1 aromatic rings. The molecule has 1 rings (SSSR count). The summed E-state index contributed by atoms with van der Waals surface area (Å²) >= 11 is 1.18. The van der Waals surface area contributed by atoms with Crippen molar-refractivity contribution in [1.29, 1.82) is 0 Å². The number of rotatable bonds is 13. The van der Waals surface area contributed by atoms with E-state index in [1.165, 1.54) is 11.8 Å². The van der Waals surface area contributed by atoms with Crippen molar-refractivity contribution >= 4 is 33.9 Å². The number of benzene rings is 1. The zero-order valence-corrected chi connectivity index (χ0v) is 21.9. The maximum absolute atomic E-state index is 12.6. The first-order chi connectivity index (χ1) is 16.0. The Kier molecular flexibility index (Phi) is 18.9. The van der Waals surface area contributed by atoms with E-state index in [4.69, 9.17) is 11.5 Å². The van der Waals surface area contributed by atoms with E-state index in [2.05, 4.69) is 29.1 Å². The number of anilines is 1. The van der Waals surface area contributed by atoms with Crippen LogP contribution in [-0.4, -0.2) is 43.2 Å². The Labute approximate surface area is 205 Å². The molecule has 1 aromatic carbocycles. The summed E-state index contributed by atoms with van der Waals surface area (Å²) in [4.78, 5) is 22.9. The standard InChI is InChI=1S/C23H38N6OS.C2H6/c1-19(2)11-7-9-15-27-22(30)23(31-18-26-3)28-17-21(25)29(16-10-8-14-24)20-12-5-4-6-13-20;1-2/h4-6,12-13,17-19H,7-11,14-16,24-25H2,1-3H3,(H,27,30);1-2H3/b21-17-,26-18?,28-23?;. The Hall–Kier alpha value is -2.32. The Morgan fingerprint density at radius 3 is 2.45 bits per heavy atom. The minimum Gasteiger partial charge on any atom is -0.384 e. The van der Waals surface area contributed by atoms with E-state index < -0.39 is 0 Å². The predicted octanol–water partition coefficient (Wildman–Crippen LogP) is 4.75. The van der Waals surface area contributed by atoms with Crippen LogP contribution in [0.4, 0.5) is 5.69 Å². The zero-order chi connectivity index (χ0) is 24.9. The van der Waals surface area contributed by atoms with Crippen LogP contribution in [0.15, 0.2) is 52.3 Å². The highest BCUT2D eigenvalue weighted by Gasteiger charge is 2.12. The fourth-order valence-corrected chi connectivity index (χ4v) is 3.32. The van der Waals surface area contributed by atoms with Gasteiger partial charge in [0.1, 0.15) is 5.82 Å². The number of aliphatic imine (C=N–C) groups is 2. The molecule has 5 N–H and O–H groups in total. The van der Waals surface area contributed by atoms with Crippen molar-refractivity contribution in [3.8, 4) is 0 Å². The van der Waals surface area contributed by atoms with Crippen LogP contribution in [0.3, 0.4) is 0 Å². The topological polar surface area (TPSA) is 109 Å². The highest BCUT2D eigenvalue weighted by atomic mass is 32.2. The van der Waals surface area contributed by atoms with Crippen LogP contribution in [0.25, 0.3) is 0 Å². The van der Waals surface area contributed by atoms with Crippen LogP contribution in [-0.2, 0) is 4.79 Å². The lowest BCUT2D eigenvalue weighted by Crippen LogP contribution is -2.31. The van der Waals surface area contributed by atoms with Crippen molar-refractivity contribution < 1.29 is 4.79 Å². The molecule has 8 heteroatoms. The van der Waals surface area contributed by atoms with E-state index in [9.17, 15) is 4.79 Å². The molecule has 0 spiro atoms. The monoisotopic (exact) mass is 476 g/mol. The van der Waals surface area contributed by atoms with Crippen LogP contribution in [0.1, 0.15) is 59.8 Å². The van der Waals surface area contributed by atoms with Crippen LogP contribution < -0.4 is 21.7 Å². The van der Waals surface area contributed by atoms with Gasteiger partial charge in [0.15, 0.2) is 5.04 Å². The van der Waals surface area contributed by atoms with E-state index in [-0.39, 0.29) is 5.91 Å². The first kappa shape index (κ1) is 30.7. The summed E-state index contributed by atoms with van der Waals surface area (Å²) in [5.41, 5.74) is 14.6. The first-order valence-electron chi connectivity index (χ1n) is 11.9. The van der Waals surface area contributed by atoms with E-state index in [0.717, 1.165) is 44.3 Å². The summed E-state index contributed by atoms with van der Waals surface area (Å²) < 4.78 is 0. The number of amides is 1. The van der Waals surface area contributed by atoms with Crippen LogP contribution in [0, 0.1) is 5.92 Å². The fourth-order valence-electron chi connectivity index (χ4n) is 2.82. The molecule has 0 radical (unpaired) electrons. The van der Waals surface area contributed by atoms with Crippen molar-refractivity contribution in [3.63, 3.8) is 0 Å². The summed E-state index contributed by atoms with van der Waals surface area (Å²) in [5, 5.41) is 3.25.